The van der Waals surface area contributed by atoms with Gasteiger partial charge in [0.05, 0.1) is 12.8 Å². The third-order valence-electron chi connectivity index (χ3n) is 2.00. The fraction of sp³-hybridized carbons (Fsp3) is 0.200. The van der Waals surface area contributed by atoms with Crippen molar-refractivity contribution in [1.29, 1.82) is 0 Å². The predicted molar refractivity (Wildman–Crippen MR) is 60.1 cm³/mol. The van der Waals surface area contributed by atoms with Gasteiger partial charge >= 0.3 is 6.01 Å². The van der Waals surface area contributed by atoms with Crippen LogP contribution in [0.4, 0.5) is 16.1 Å². The van der Waals surface area contributed by atoms with Crippen molar-refractivity contribution in [2.75, 3.05) is 12.4 Å². The van der Waals surface area contributed by atoms with Gasteiger partial charge in [-0.2, -0.15) is 0 Å². The molecule has 0 saturated heterocycles. The molecular weight excluding hydrogens is 249 g/mol. The number of aromatic nitrogens is 2. The summed E-state index contributed by atoms with van der Waals surface area (Å²) < 4.78 is 23.5. The van der Waals surface area contributed by atoms with Gasteiger partial charge in [0.25, 0.3) is 0 Å². The number of benzene rings is 1. The molecule has 1 N–H and O–H groups in total. The van der Waals surface area contributed by atoms with Crippen LogP contribution < -0.4 is 10.1 Å². The maximum Gasteiger partial charge on any atom is 0.320 e. The van der Waals surface area contributed by atoms with E-state index < -0.39 is 5.82 Å². The van der Waals surface area contributed by atoms with Gasteiger partial charge in [-0.25, -0.2) is 4.39 Å². The van der Waals surface area contributed by atoms with Gasteiger partial charge in [-0.05, 0) is 12.1 Å². The van der Waals surface area contributed by atoms with Crippen molar-refractivity contribution in [3.05, 3.63) is 29.9 Å². The fourth-order valence-corrected chi connectivity index (χ4v) is 1.31. The summed E-state index contributed by atoms with van der Waals surface area (Å²) in [7, 11) is 1.50. The van der Waals surface area contributed by atoms with Crippen molar-refractivity contribution in [2.24, 2.45) is 0 Å². The number of hydrogen-bond donors (Lipinski definition) is 1. The molecule has 0 aliphatic rings. The minimum Gasteiger partial charge on any atom is -0.497 e. The van der Waals surface area contributed by atoms with Gasteiger partial charge in [-0.15, -0.1) is 16.7 Å². The Morgan fingerprint density at radius 1 is 1.47 bits per heavy atom. The monoisotopic (exact) mass is 257 g/mol. The van der Waals surface area contributed by atoms with Crippen LogP contribution in [0.3, 0.4) is 0 Å². The number of anilines is 2. The van der Waals surface area contributed by atoms with Crippen LogP contribution in [0.5, 0.6) is 5.75 Å². The third-order valence-corrected chi connectivity index (χ3v) is 2.22. The van der Waals surface area contributed by atoms with Crippen LogP contribution in [-0.2, 0) is 5.88 Å². The summed E-state index contributed by atoms with van der Waals surface area (Å²) in [4.78, 5) is 0. The van der Waals surface area contributed by atoms with E-state index in [9.17, 15) is 4.39 Å². The van der Waals surface area contributed by atoms with Crippen LogP contribution in [0, 0.1) is 5.82 Å². The largest absolute Gasteiger partial charge is 0.497 e. The number of methoxy groups -OCH3 is 1. The lowest BCUT2D eigenvalue weighted by Crippen LogP contribution is -1.95. The smallest absolute Gasteiger partial charge is 0.320 e. The van der Waals surface area contributed by atoms with E-state index in [0.29, 0.717) is 5.75 Å². The molecule has 7 heteroatoms. The third kappa shape index (κ3) is 2.65. The Kier molecular flexibility index (Phi) is 3.43. The van der Waals surface area contributed by atoms with Gasteiger partial charge in [0.2, 0.25) is 5.89 Å². The Hall–Kier alpha value is -1.82. The molecule has 90 valence electrons. The lowest BCUT2D eigenvalue weighted by atomic mass is 10.3. The van der Waals surface area contributed by atoms with Gasteiger partial charge in [-0.1, -0.05) is 5.10 Å². The lowest BCUT2D eigenvalue weighted by molar-refractivity contribution is 0.414. The highest BCUT2D eigenvalue weighted by molar-refractivity contribution is 6.16. The summed E-state index contributed by atoms with van der Waals surface area (Å²) in [5.74, 6) is 0.440. The SMILES string of the molecule is COc1ccc(F)c(Nc2nnc(CCl)o2)c1. The molecule has 2 rings (SSSR count). The molecule has 5 nitrogen and oxygen atoms in total. The Labute approximate surface area is 102 Å². The molecule has 0 unspecified atom stereocenters. The highest BCUT2D eigenvalue weighted by Crippen LogP contribution is 2.24. The lowest BCUT2D eigenvalue weighted by Gasteiger charge is -2.05. The molecular formula is C10H9ClFN3O2. The van der Waals surface area contributed by atoms with E-state index in [-0.39, 0.29) is 23.5 Å². The Morgan fingerprint density at radius 3 is 2.94 bits per heavy atom. The maximum absolute atomic E-state index is 13.4. The zero-order valence-electron chi connectivity index (χ0n) is 8.91. The quantitative estimate of drug-likeness (QED) is 0.854. The predicted octanol–water partition coefficient (Wildman–Crippen LogP) is 2.70. The molecule has 17 heavy (non-hydrogen) atoms. The van der Waals surface area contributed by atoms with Crippen LogP contribution in [0.2, 0.25) is 0 Å². The average molecular weight is 258 g/mol. The summed E-state index contributed by atoms with van der Waals surface area (Å²) in [6, 6.07) is 4.35. The molecule has 0 radical (unpaired) electrons. The Balaban J connectivity index is 2.22. The first kappa shape index (κ1) is 11.7. The second-order valence-corrected chi connectivity index (χ2v) is 3.37. The van der Waals surface area contributed by atoms with Gasteiger partial charge in [0.1, 0.15) is 17.4 Å². The molecule has 0 aliphatic heterocycles. The van der Waals surface area contributed by atoms with E-state index in [2.05, 4.69) is 15.5 Å². The van der Waals surface area contributed by atoms with E-state index in [1.54, 1.807) is 0 Å². The Morgan fingerprint density at radius 2 is 2.29 bits per heavy atom. The van der Waals surface area contributed by atoms with Gasteiger partial charge in [0.15, 0.2) is 0 Å². The van der Waals surface area contributed by atoms with Crippen molar-refractivity contribution in [3.8, 4) is 5.75 Å². The number of halogens is 2. The molecule has 0 fully saturated rings. The standard InChI is InChI=1S/C10H9ClFN3O2/c1-16-6-2-3-7(12)8(4-6)13-10-15-14-9(5-11)17-10/h2-4H,5H2,1H3,(H,13,15). The Bertz CT molecular complexity index is 518. The van der Waals surface area contributed by atoms with E-state index in [1.807, 2.05) is 0 Å². The molecule has 0 saturated carbocycles. The number of nitrogens with one attached hydrogen (secondary N) is 1. The first-order valence-electron chi connectivity index (χ1n) is 4.72. The van der Waals surface area contributed by atoms with E-state index in [4.69, 9.17) is 20.8 Å². The fourth-order valence-electron chi connectivity index (χ4n) is 1.20. The molecule has 0 atom stereocenters. The van der Waals surface area contributed by atoms with Crippen LogP contribution in [-0.4, -0.2) is 17.3 Å². The molecule has 0 aliphatic carbocycles. The highest BCUT2D eigenvalue weighted by Gasteiger charge is 2.09. The topological polar surface area (TPSA) is 60.2 Å². The van der Waals surface area contributed by atoms with Gasteiger partial charge in [0, 0.05) is 6.07 Å². The summed E-state index contributed by atoms with van der Waals surface area (Å²) >= 11 is 5.50. The number of ether oxygens (including phenoxy) is 1. The highest BCUT2D eigenvalue weighted by atomic mass is 35.5. The van der Waals surface area contributed by atoms with E-state index in [0.717, 1.165) is 0 Å². The summed E-state index contributed by atoms with van der Waals surface area (Å²) in [6.07, 6.45) is 0. The normalized spacial score (nSPS) is 10.3. The zero-order chi connectivity index (χ0) is 12.3. The zero-order valence-corrected chi connectivity index (χ0v) is 9.66. The number of rotatable bonds is 4. The first-order chi connectivity index (χ1) is 8.22. The van der Waals surface area contributed by atoms with Crippen LogP contribution in [0.25, 0.3) is 0 Å². The maximum atomic E-state index is 13.4. The average Bonchev–Trinajstić information content (AvgIpc) is 2.80. The number of alkyl halides is 1. The van der Waals surface area contributed by atoms with Crippen molar-refractivity contribution >= 4 is 23.3 Å². The second kappa shape index (κ2) is 5.01. The molecule has 0 amide bonds. The number of hydrogen-bond acceptors (Lipinski definition) is 5. The van der Waals surface area contributed by atoms with Crippen LogP contribution >= 0.6 is 11.6 Å². The van der Waals surface area contributed by atoms with Crippen LogP contribution in [0.15, 0.2) is 22.6 Å². The molecule has 0 spiro atoms. The molecule has 2 aromatic rings. The summed E-state index contributed by atoms with van der Waals surface area (Å²) in [5.41, 5.74) is 0.189. The molecule has 1 aromatic carbocycles. The molecule has 1 aromatic heterocycles. The van der Waals surface area contributed by atoms with Crippen molar-refractivity contribution in [2.45, 2.75) is 5.88 Å². The molecule has 1 heterocycles. The minimum absolute atomic E-state index is 0.0767. The molecule has 0 bridgehead atoms. The van der Waals surface area contributed by atoms with E-state index >= 15 is 0 Å². The second-order valence-electron chi connectivity index (χ2n) is 3.11. The van der Waals surface area contributed by atoms with Crippen LogP contribution in [0.1, 0.15) is 5.89 Å². The van der Waals surface area contributed by atoms with Gasteiger partial charge < -0.3 is 14.5 Å². The van der Waals surface area contributed by atoms with Crippen molar-refractivity contribution < 1.29 is 13.5 Å². The first-order valence-corrected chi connectivity index (χ1v) is 5.25. The minimum atomic E-state index is -0.448. The summed E-state index contributed by atoms with van der Waals surface area (Å²) in [6.45, 7) is 0. The van der Waals surface area contributed by atoms with E-state index in [1.165, 1.54) is 25.3 Å². The van der Waals surface area contributed by atoms with Crippen molar-refractivity contribution in [1.82, 2.24) is 10.2 Å². The van der Waals surface area contributed by atoms with Crippen molar-refractivity contribution in [3.63, 3.8) is 0 Å². The summed E-state index contributed by atoms with van der Waals surface area (Å²) in [5, 5.41) is 9.95. The van der Waals surface area contributed by atoms with Gasteiger partial charge in [-0.3, -0.25) is 0 Å². The number of nitrogens with zero attached hydrogens (tertiary/aromatic N) is 2.